The van der Waals surface area contributed by atoms with Gasteiger partial charge in [-0.25, -0.2) is 0 Å². The summed E-state index contributed by atoms with van der Waals surface area (Å²) in [7, 11) is 0. The van der Waals surface area contributed by atoms with Crippen LogP contribution in [0.4, 0.5) is 0 Å². The molecule has 0 spiro atoms. The Morgan fingerprint density at radius 1 is 1.24 bits per heavy atom. The van der Waals surface area contributed by atoms with Crippen molar-refractivity contribution < 1.29 is 0 Å². The first-order chi connectivity index (χ1) is 7.90. The molecule has 0 aliphatic carbocycles. The van der Waals surface area contributed by atoms with Crippen molar-refractivity contribution in [2.45, 2.75) is 46.2 Å². The Morgan fingerprint density at radius 3 is 2.41 bits per heavy atom. The van der Waals surface area contributed by atoms with Crippen LogP contribution in [-0.2, 0) is 0 Å². The molecule has 0 aliphatic heterocycles. The molecule has 98 valence electrons. The van der Waals surface area contributed by atoms with E-state index in [1.807, 2.05) is 11.3 Å². The van der Waals surface area contributed by atoms with Gasteiger partial charge in [-0.15, -0.1) is 11.3 Å². The monoisotopic (exact) mass is 254 g/mol. The van der Waals surface area contributed by atoms with Gasteiger partial charge in [-0.2, -0.15) is 0 Å². The Morgan fingerprint density at radius 2 is 1.94 bits per heavy atom. The van der Waals surface area contributed by atoms with E-state index in [2.05, 4.69) is 62.8 Å². The van der Waals surface area contributed by atoms with Crippen molar-refractivity contribution in [1.82, 2.24) is 10.6 Å². The van der Waals surface area contributed by atoms with Crippen molar-refractivity contribution in [2.75, 3.05) is 13.1 Å². The summed E-state index contributed by atoms with van der Waals surface area (Å²) >= 11 is 1.84. The second kappa shape index (κ2) is 6.53. The van der Waals surface area contributed by atoms with Gasteiger partial charge in [0, 0.05) is 29.5 Å². The van der Waals surface area contributed by atoms with Gasteiger partial charge in [-0.1, -0.05) is 19.9 Å². The highest BCUT2D eigenvalue weighted by Crippen LogP contribution is 2.25. The zero-order chi connectivity index (χ0) is 12.9. The van der Waals surface area contributed by atoms with E-state index in [0.29, 0.717) is 12.0 Å². The summed E-state index contributed by atoms with van der Waals surface area (Å²) in [5.41, 5.74) is 0.206. The van der Waals surface area contributed by atoms with Crippen molar-refractivity contribution >= 4 is 11.3 Å². The second-order valence-corrected chi connectivity index (χ2v) is 6.85. The molecule has 0 aromatic carbocycles. The first-order valence-corrected chi connectivity index (χ1v) is 7.30. The minimum Gasteiger partial charge on any atom is -0.311 e. The Hall–Kier alpha value is -0.380. The van der Waals surface area contributed by atoms with Crippen LogP contribution in [0.2, 0.25) is 0 Å². The van der Waals surface area contributed by atoms with Gasteiger partial charge >= 0.3 is 0 Å². The molecule has 0 radical (unpaired) electrons. The normalized spacial score (nSPS) is 14.2. The van der Waals surface area contributed by atoms with Gasteiger partial charge in [0.2, 0.25) is 0 Å². The van der Waals surface area contributed by atoms with Gasteiger partial charge in [0.1, 0.15) is 0 Å². The van der Waals surface area contributed by atoms with Crippen LogP contribution in [0.5, 0.6) is 0 Å². The number of thiophene rings is 1. The zero-order valence-corrected chi connectivity index (χ0v) is 12.5. The molecular formula is C14H26N2S. The molecule has 1 atom stereocenters. The van der Waals surface area contributed by atoms with E-state index in [4.69, 9.17) is 0 Å². The average molecular weight is 254 g/mol. The van der Waals surface area contributed by atoms with Crippen LogP contribution in [0, 0.1) is 5.92 Å². The van der Waals surface area contributed by atoms with Crippen molar-refractivity contribution in [3.63, 3.8) is 0 Å². The first-order valence-electron chi connectivity index (χ1n) is 6.42. The Balaban J connectivity index is 2.37. The molecule has 3 heteroatoms. The maximum Gasteiger partial charge on any atom is 0.0438 e. The fraction of sp³-hybridized carbons (Fsp3) is 0.714. The number of hydrogen-bond acceptors (Lipinski definition) is 3. The van der Waals surface area contributed by atoms with Gasteiger partial charge in [0.25, 0.3) is 0 Å². The molecular weight excluding hydrogens is 228 g/mol. The summed E-state index contributed by atoms with van der Waals surface area (Å²) in [5.74, 6) is 0.628. The van der Waals surface area contributed by atoms with Gasteiger partial charge in [-0.05, 0) is 38.1 Å². The van der Waals surface area contributed by atoms with Crippen molar-refractivity contribution in [3.8, 4) is 0 Å². The third-order valence-electron chi connectivity index (χ3n) is 2.66. The third-order valence-corrected chi connectivity index (χ3v) is 3.62. The summed E-state index contributed by atoms with van der Waals surface area (Å²) in [6.07, 6.45) is 0. The molecule has 0 bridgehead atoms. The number of rotatable bonds is 6. The lowest BCUT2D eigenvalue weighted by atomic mass is 10.0. The topological polar surface area (TPSA) is 24.1 Å². The lowest BCUT2D eigenvalue weighted by Gasteiger charge is -2.24. The fourth-order valence-corrected chi connectivity index (χ4v) is 2.77. The Bertz CT molecular complexity index is 299. The minimum atomic E-state index is 0.206. The molecule has 0 amide bonds. The van der Waals surface area contributed by atoms with Crippen LogP contribution in [0.25, 0.3) is 0 Å². The van der Waals surface area contributed by atoms with Crippen LogP contribution in [-0.4, -0.2) is 18.6 Å². The highest BCUT2D eigenvalue weighted by atomic mass is 32.1. The van der Waals surface area contributed by atoms with Crippen LogP contribution in [0.1, 0.15) is 45.5 Å². The average Bonchev–Trinajstić information content (AvgIpc) is 2.68. The highest BCUT2D eigenvalue weighted by Gasteiger charge is 2.16. The smallest absolute Gasteiger partial charge is 0.0438 e. The van der Waals surface area contributed by atoms with E-state index in [1.165, 1.54) is 4.88 Å². The lowest BCUT2D eigenvalue weighted by Crippen LogP contribution is -2.41. The van der Waals surface area contributed by atoms with Crippen LogP contribution >= 0.6 is 11.3 Å². The maximum atomic E-state index is 3.64. The van der Waals surface area contributed by atoms with E-state index in [-0.39, 0.29) is 5.54 Å². The first kappa shape index (κ1) is 14.7. The number of hydrogen-bond donors (Lipinski definition) is 2. The van der Waals surface area contributed by atoms with Crippen LogP contribution in [0.3, 0.4) is 0 Å². The van der Waals surface area contributed by atoms with E-state index in [1.54, 1.807) is 0 Å². The van der Waals surface area contributed by atoms with Gasteiger partial charge < -0.3 is 10.6 Å². The lowest BCUT2D eigenvalue weighted by molar-refractivity contribution is 0.382. The molecule has 1 aromatic rings. The van der Waals surface area contributed by atoms with Crippen molar-refractivity contribution in [1.29, 1.82) is 0 Å². The Kier molecular flexibility index (Phi) is 5.63. The van der Waals surface area contributed by atoms with E-state index >= 15 is 0 Å². The molecule has 0 fully saturated rings. The molecule has 0 aliphatic rings. The summed E-state index contributed by atoms with van der Waals surface area (Å²) < 4.78 is 0. The van der Waals surface area contributed by atoms with Crippen molar-refractivity contribution in [3.05, 3.63) is 22.4 Å². The second-order valence-electron chi connectivity index (χ2n) is 5.87. The molecule has 2 N–H and O–H groups in total. The zero-order valence-electron chi connectivity index (χ0n) is 11.7. The molecule has 17 heavy (non-hydrogen) atoms. The van der Waals surface area contributed by atoms with Crippen LogP contribution in [0.15, 0.2) is 17.5 Å². The van der Waals surface area contributed by atoms with E-state index in [0.717, 1.165) is 13.1 Å². The minimum absolute atomic E-state index is 0.206. The SMILES string of the molecule is CC(C)C(NCCNC(C)(C)C)c1cccs1. The molecule has 2 nitrogen and oxygen atoms in total. The van der Waals surface area contributed by atoms with E-state index < -0.39 is 0 Å². The molecule has 0 saturated heterocycles. The highest BCUT2D eigenvalue weighted by molar-refractivity contribution is 7.10. The summed E-state index contributed by atoms with van der Waals surface area (Å²) in [5, 5.41) is 9.30. The molecule has 1 heterocycles. The van der Waals surface area contributed by atoms with Gasteiger partial charge in [-0.3, -0.25) is 0 Å². The quantitative estimate of drug-likeness (QED) is 0.760. The van der Waals surface area contributed by atoms with Gasteiger partial charge in [0.15, 0.2) is 0 Å². The Labute approximate surface area is 110 Å². The molecule has 1 aromatic heterocycles. The standard InChI is InChI=1S/C14H26N2S/c1-11(2)13(12-7-6-10-17-12)15-8-9-16-14(3,4)5/h6-7,10-11,13,15-16H,8-9H2,1-5H3. The summed E-state index contributed by atoms with van der Waals surface area (Å²) in [4.78, 5) is 1.44. The third kappa shape index (κ3) is 5.66. The molecule has 0 saturated carbocycles. The fourth-order valence-electron chi connectivity index (χ4n) is 1.80. The van der Waals surface area contributed by atoms with Crippen LogP contribution < -0.4 is 10.6 Å². The van der Waals surface area contributed by atoms with E-state index in [9.17, 15) is 0 Å². The maximum absolute atomic E-state index is 3.64. The summed E-state index contributed by atoms with van der Waals surface area (Å²) in [6, 6.07) is 4.83. The van der Waals surface area contributed by atoms with Gasteiger partial charge in [0.05, 0.1) is 0 Å². The molecule has 1 rings (SSSR count). The predicted octanol–water partition coefficient (Wildman–Crippen LogP) is 3.42. The number of nitrogens with one attached hydrogen (secondary N) is 2. The predicted molar refractivity (Wildman–Crippen MR) is 77.7 cm³/mol. The largest absolute Gasteiger partial charge is 0.311 e. The van der Waals surface area contributed by atoms with Crippen molar-refractivity contribution in [2.24, 2.45) is 5.92 Å². The summed E-state index contributed by atoms with van der Waals surface area (Å²) in [6.45, 7) is 13.2. The molecule has 1 unspecified atom stereocenters.